The van der Waals surface area contributed by atoms with E-state index in [1.54, 1.807) is 0 Å². The smallest absolute Gasteiger partial charge is 0.209 e. The Morgan fingerprint density at radius 3 is 2.74 bits per heavy atom. The minimum Gasteiger partial charge on any atom is -0.312 e. The summed E-state index contributed by atoms with van der Waals surface area (Å²) in [6, 6.07) is 2.69. The predicted octanol–water partition coefficient (Wildman–Crippen LogP) is 1.51. The number of aromatic nitrogens is 4. The molecule has 1 atom stereocenters. The Morgan fingerprint density at radius 2 is 2.11 bits per heavy atom. The molecule has 0 aliphatic heterocycles. The van der Waals surface area contributed by atoms with E-state index in [-0.39, 0.29) is 0 Å². The van der Waals surface area contributed by atoms with Crippen molar-refractivity contribution in [1.29, 1.82) is 5.26 Å². The van der Waals surface area contributed by atoms with Crippen LogP contribution in [-0.4, -0.2) is 31.5 Å². The number of tetrazole rings is 1. The highest BCUT2D eigenvalue weighted by Crippen LogP contribution is 2.40. The molecular weight excluding hydrogens is 260 g/mol. The molecule has 1 unspecified atom stereocenters. The topological polar surface area (TPSA) is 93.4 Å². The summed E-state index contributed by atoms with van der Waals surface area (Å²) in [5.41, 5.74) is 5.44. The van der Waals surface area contributed by atoms with Gasteiger partial charge in [0, 0.05) is 5.75 Å². The molecular formula is C12H18N6S. The van der Waals surface area contributed by atoms with E-state index in [2.05, 4.69) is 21.6 Å². The molecule has 3 rings (SSSR count). The highest BCUT2D eigenvalue weighted by Gasteiger charge is 2.43. The van der Waals surface area contributed by atoms with Crippen LogP contribution in [0.5, 0.6) is 0 Å². The molecule has 7 heteroatoms. The van der Waals surface area contributed by atoms with Crippen LogP contribution in [0.3, 0.4) is 0 Å². The van der Waals surface area contributed by atoms with E-state index in [9.17, 15) is 5.26 Å². The molecule has 2 saturated carbocycles. The Balaban J connectivity index is 1.67. The normalized spacial score (nSPS) is 23.2. The molecule has 1 aromatic heterocycles. The fourth-order valence-electron chi connectivity index (χ4n) is 2.68. The van der Waals surface area contributed by atoms with Gasteiger partial charge < -0.3 is 5.73 Å². The van der Waals surface area contributed by atoms with Crippen LogP contribution in [0, 0.1) is 17.2 Å². The van der Waals surface area contributed by atoms with Crippen molar-refractivity contribution in [3.63, 3.8) is 0 Å². The van der Waals surface area contributed by atoms with Gasteiger partial charge in [-0.3, -0.25) is 0 Å². The summed E-state index contributed by atoms with van der Waals surface area (Å²) < 4.78 is 1.92. The molecule has 19 heavy (non-hydrogen) atoms. The molecule has 0 radical (unpaired) electrons. The van der Waals surface area contributed by atoms with Gasteiger partial charge in [0.05, 0.1) is 12.1 Å². The second-order valence-corrected chi connectivity index (χ2v) is 6.50. The quantitative estimate of drug-likeness (QED) is 0.821. The number of nitriles is 1. The minimum absolute atomic E-state index is 0.348. The SMILES string of the molecule is N#CC(N)(CSc1nnnn1C1CCCC1)C1CC1. The number of hydrogen-bond donors (Lipinski definition) is 1. The maximum Gasteiger partial charge on any atom is 0.209 e. The number of rotatable bonds is 5. The zero-order chi connectivity index (χ0) is 13.3. The van der Waals surface area contributed by atoms with Gasteiger partial charge in [0.15, 0.2) is 0 Å². The molecule has 102 valence electrons. The highest BCUT2D eigenvalue weighted by atomic mass is 32.2. The summed E-state index contributed by atoms with van der Waals surface area (Å²) in [7, 11) is 0. The predicted molar refractivity (Wildman–Crippen MR) is 71.3 cm³/mol. The summed E-state index contributed by atoms with van der Waals surface area (Å²) in [6.45, 7) is 0. The van der Waals surface area contributed by atoms with Gasteiger partial charge in [-0.05, 0) is 42.0 Å². The van der Waals surface area contributed by atoms with Gasteiger partial charge in [0.1, 0.15) is 5.54 Å². The van der Waals surface area contributed by atoms with Crippen molar-refractivity contribution in [2.75, 3.05) is 5.75 Å². The van der Waals surface area contributed by atoms with Crippen molar-refractivity contribution in [3.05, 3.63) is 0 Å². The average molecular weight is 278 g/mol. The molecule has 2 aliphatic carbocycles. The van der Waals surface area contributed by atoms with Crippen LogP contribution >= 0.6 is 11.8 Å². The van der Waals surface area contributed by atoms with E-state index in [4.69, 9.17) is 5.73 Å². The third-order valence-corrected chi connectivity index (χ3v) is 5.24. The molecule has 0 bridgehead atoms. The van der Waals surface area contributed by atoms with Crippen LogP contribution < -0.4 is 5.73 Å². The fourth-order valence-corrected chi connectivity index (χ4v) is 3.76. The first kappa shape index (κ1) is 12.9. The Hall–Kier alpha value is -1.13. The van der Waals surface area contributed by atoms with Crippen LogP contribution in [0.4, 0.5) is 0 Å². The van der Waals surface area contributed by atoms with Crippen LogP contribution in [0.15, 0.2) is 5.16 Å². The minimum atomic E-state index is -0.725. The lowest BCUT2D eigenvalue weighted by atomic mass is 10.00. The molecule has 0 saturated heterocycles. The first-order valence-electron chi connectivity index (χ1n) is 6.84. The Morgan fingerprint density at radius 1 is 1.37 bits per heavy atom. The second-order valence-electron chi connectivity index (χ2n) is 5.56. The van der Waals surface area contributed by atoms with Crippen molar-refractivity contribution in [2.45, 2.75) is 55.3 Å². The summed E-state index contributed by atoms with van der Waals surface area (Å²) in [4.78, 5) is 0. The largest absolute Gasteiger partial charge is 0.312 e. The van der Waals surface area contributed by atoms with Gasteiger partial charge in [-0.2, -0.15) is 5.26 Å². The lowest BCUT2D eigenvalue weighted by molar-refractivity contribution is 0.422. The van der Waals surface area contributed by atoms with E-state index in [0.29, 0.717) is 17.7 Å². The molecule has 2 aliphatic rings. The summed E-state index contributed by atoms with van der Waals surface area (Å²) >= 11 is 1.52. The van der Waals surface area contributed by atoms with E-state index in [1.165, 1.54) is 24.6 Å². The van der Waals surface area contributed by atoms with Gasteiger partial charge in [0.2, 0.25) is 5.16 Å². The number of nitrogens with two attached hydrogens (primary N) is 1. The average Bonchev–Trinajstić information content (AvgIpc) is 2.97. The molecule has 0 spiro atoms. The Bertz CT molecular complexity index is 485. The van der Waals surface area contributed by atoms with Crippen LogP contribution in [0.1, 0.15) is 44.6 Å². The number of nitrogens with zero attached hydrogens (tertiary/aromatic N) is 5. The van der Waals surface area contributed by atoms with Crippen molar-refractivity contribution in [1.82, 2.24) is 20.2 Å². The zero-order valence-corrected chi connectivity index (χ0v) is 11.6. The third kappa shape index (κ3) is 2.60. The van der Waals surface area contributed by atoms with Crippen LogP contribution in [0.25, 0.3) is 0 Å². The summed E-state index contributed by atoms with van der Waals surface area (Å²) in [5, 5.41) is 22.0. The lowest BCUT2D eigenvalue weighted by Crippen LogP contribution is -2.43. The lowest BCUT2D eigenvalue weighted by Gasteiger charge is -2.20. The first-order valence-corrected chi connectivity index (χ1v) is 7.82. The van der Waals surface area contributed by atoms with Crippen LogP contribution in [-0.2, 0) is 0 Å². The maximum atomic E-state index is 9.26. The van der Waals surface area contributed by atoms with Gasteiger partial charge in [-0.1, -0.05) is 24.6 Å². The Kier molecular flexibility index (Phi) is 3.46. The summed E-state index contributed by atoms with van der Waals surface area (Å²) in [6.07, 6.45) is 6.92. The van der Waals surface area contributed by atoms with Gasteiger partial charge >= 0.3 is 0 Å². The van der Waals surface area contributed by atoms with E-state index in [1.807, 2.05) is 4.68 Å². The highest BCUT2D eigenvalue weighted by molar-refractivity contribution is 7.99. The van der Waals surface area contributed by atoms with Crippen LogP contribution in [0.2, 0.25) is 0 Å². The molecule has 0 aromatic carbocycles. The molecule has 1 aromatic rings. The van der Waals surface area contributed by atoms with Crippen molar-refractivity contribution < 1.29 is 0 Å². The van der Waals surface area contributed by atoms with Crippen molar-refractivity contribution in [2.24, 2.45) is 11.7 Å². The molecule has 1 heterocycles. The fraction of sp³-hybridized carbons (Fsp3) is 0.833. The summed E-state index contributed by atoms with van der Waals surface area (Å²) in [5.74, 6) is 0.919. The van der Waals surface area contributed by atoms with E-state index >= 15 is 0 Å². The van der Waals surface area contributed by atoms with E-state index < -0.39 is 5.54 Å². The van der Waals surface area contributed by atoms with Gasteiger partial charge in [-0.25, -0.2) is 4.68 Å². The first-order chi connectivity index (χ1) is 9.23. The van der Waals surface area contributed by atoms with Gasteiger partial charge in [-0.15, -0.1) is 5.10 Å². The van der Waals surface area contributed by atoms with E-state index in [0.717, 1.165) is 30.8 Å². The van der Waals surface area contributed by atoms with Gasteiger partial charge in [0.25, 0.3) is 0 Å². The molecule has 6 nitrogen and oxygen atoms in total. The second kappa shape index (κ2) is 5.10. The molecule has 0 amide bonds. The molecule has 2 N–H and O–H groups in total. The zero-order valence-electron chi connectivity index (χ0n) is 10.8. The standard InChI is InChI=1S/C12H18N6S/c13-7-12(14,9-5-6-9)8-19-11-15-16-17-18(11)10-3-1-2-4-10/h9-10H,1-6,8,14H2. The Labute approximate surface area is 116 Å². The number of hydrogen-bond acceptors (Lipinski definition) is 6. The van der Waals surface area contributed by atoms with Crippen molar-refractivity contribution in [3.8, 4) is 6.07 Å². The maximum absolute atomic E-state index is 9.26. The molecule has 2 fully saturated rings. The van der Waals surface area contributed by atoms with Crippen molar-refractivity contribution >= 4 is 11.8 Å². The monoisotopic (exact) mass is 278 g/mol. The number of thioether (sulfide) groups is 1. The third-order valence-electron chi connectivity index (χ3n) is 4.09.